The highest BCUT2D eigenvalue weighted by molar-refractivity contribution is 7.89. The summed E-state index contributed by atoms with van der Waals surface area (Å²) in [5, 5.41) is 0. The van der Waals surface area contributed by atoms with Crippen LogP contribution in [0.15, 0.2) is 33.8 Å². The number of hydrogen-bond acceptors (Lipinski definition) is 4. The zero-order valence-electron chi connectivity index (χ0n) is 12.7. The Hall–Kier alpha value is -1.79. The van der Waals surface area contributed by atoms with E-state index in [4.69, 9.17) is 10.2 Å². The molecule has 0 radical (unpaired) electrons. The Balaban J connectivity index is 2.49. The molecule has 21 heavy (non-hydrogen) atoms. The molecule has 0 aliphatic carbocycles. The van der Waals surface area contributed by atoms with Crippen LogP contribution in [0.5, 0.6) is 0 Å². The molecule has 0 fully saturated rings. The molecule has 1 heterocycles. The summed E-state index contributed by atoms with van der Waals surface area (Å²) in [5.41, 5.74) is 8.59. The van der Waals surface area contributed by atoms with Gasteiger partial charge in [-0.25, -0.2) is 8.42 Å². The molecular formula is C15H20N2O3S. The summed E-state index contributed by atoms with van der Waals surface area (Å²) >= 11 is 0. The van der Waals surface area contributed by atoms with Crippen LogP contribution < -0.4 is 5.73 Å². The monoisotopic (exact) mass is 308 g/mol. The van der Waals surface area contributed by atoms with Gasteiger partial charge in [-0.15, -0.1) is 0 Å². The van der Waals surface area contributed by atoms with E-state index in [0.717, 1.165) is 11.1 Å². The summed E-state index contributed by atoms with van der Waals surface area (Å²) in [6.45, 7) is 5.57. The lowest BCUT2D eigenvalue weighted by Crippen LogP contribution is -2.28. The van der Waals surface area contributed by atoms with Crippen molar-refractivity contribution in [1.29, 1.82) is 0 Å². The highest BCUT2D eigenvalue weighted by atomic mass is 32.2. The number of rotatable bonds is 4. The van der Waals surface area contributed by atoms with E-state index in [1.807, 2.05) is 6.92 Å². The molecule has 0 aliphatic rings. The van der Waals surface area contributed by atoms with Gasteiger partial charge in [-0.2, -0.15) is 4.31 Å². The fraction of sp³-hybridized carbons (Fsp3) is 0.333. The number of aryl methyl sites for hydroxylation is 1. The van der Waals surface area contributed by atoms with Gasteiger partial charge in [0.2, 0.25) is 10.0 Å². The second kappa shape index (κ2) is 5.54. The first kappa shape index (κ1) is 15.6. The fourth-order valence-corrected chi connectivity index (χ4v) is 3.95. The third-order valence-electron chi connectivity index (χ3n) is 3.70. The number of nitrogens with zero attached hydrogens (tertiary/aromatic N) is 1. The molecule has 2 rings (SSSR count). The summed E-state index contributed by atoms with van der Waals surface area (Å²) < 4.78 is 32.2. The van der Waals surface area contributed by atoms with Crippen LogP contribution in [0.25, 0.3) is 0 Å². The standard InChI is InChI=1S/C15H20N2O3S/c1-10-8-14(16)12(3)15(11(10)2)21(18,19)17(4)9-13-6-5-7-20-13/h5-8H,9,16H2,1-4H3. The number of furan rings is 1. The average molecular weight is 308 g/mol. The van der Waals surface area contributed by atoms with Crippen LogP contribution in [0.1, 0.15) is 22.5 Å². The summed E-state index contributed by atoms with van der Waals surface area (Å²) in [6, 6.07) is 5.28. The predicted octanol–water partition coefficient (Wildman–Crippen LogP) is 2.61. The van der Waals surface area contributed by atoms with E-state index in [1.54, 1.807) is 32.0 Å². The van der Waals surface area contributed by atoms with E-state index in [2.05, 4.69) is 0 Å². The van der Waals surface area contributed by atoms with Crippen molar-refractivity contribution in [2.45, 2.75) is 32.2 Å². The molecule has 0 amide bonds. The van der Waals surface area contributed by atoms with Crippen molar-refractivity contribution in [2.24, 2.45) is 0 Å². The van der Waals surface area contributed by atoms with Gasteiger partial charge in [0.1, 0.15) is 5.76 Å². The first-order chi connectivity index (χ1) is 9.75. The van der Waals surface area contributed by atoms with Crippen molar-refractivity contribution in [3.8, 4) is 0 Å². The van der Waals surface area contributed by atoms with Crippen molar-refractivity contribution >= 4 is 15.7 Å². The van der Waals surface area contributed by atoms with Crippen molar-refractivity contribution in [1.82, 2.24) is 4.31 Å². The Morgan fingerprint density at radius 1 is 1.24 bits per heavy atom. The minimum absolute atomic E-state index is 0.183. The minimum Gasteiger partial charge on any atom is -0.468 e. The Bertz CT molecular complexity index is 723. The second-order valence-corrected chi connectivity index (χ2v) is 7.18. The summed E-state index contributed by atoms with van der Waals surface area (Å²) in [6.07, 6.45) is 1.52. The molecule has 114 valence electrons. The second-order valence-electron chi connectivity index (χ2n) is 5.20. The van der Waals surface area contributed by atoms with Gasteiger partial charge in [-0.05, 0) is 55.7 Å². The van der Waals surface area contributed by atoms with Gasteiger partial charge in [-0.3, -0.25) is 0 Å². The third kappa shape index (κ3) is 2.82. The van der Waals surface area contributed by atoms with E-state index in [0.29, 0.717) is 17.0 Å². The Morgan fingerprint density at radius 2 is 1.90 bits per heavy atom. The van der Waals surface area contributed by atoms with E-state index in [9.17, 15) is 8.42 Å². The van der Waals surface area contributed by atoms with Crippen LogP contribution in [0.2, 0.25) is 0 Å². The van der Waals surface area contributed by atoms with Crippen molar-refractivity contribution in [2.75, 3.05) is 12.8 Å². The third-order valence-corrected chi connectivity index (χ3v) is 5.78. The molecular weight excluding hydrogens is 288 g/mol. The van der Waals surface area contributed by atoms with Crippen molar-refractivity contribution in [3.63, 3.8) is 0 Å². The number of hydrogen-bond donors (Lipinski definition) is 1. The molecule has 5 nitrogen and oxygen atoms in total. The van der Waals surface area contributed by atoms with Gasteiger partial charge < -0.3 is 10.2 Å². The number of nitrogens with two attached hydrogens (primary N) is 1. The molecule has 0 atom stereocenters. The number of benzene rings is 1. The number of nitrogen functional groups attached to an aromatic ring is 1. The maximum Gasteiger partial charge on any atom is 0.243 e. The Kier molecular flexibility index (Phi) is 4.11. The van der Waals surface area contributed by atoms with E-state index in [-0.39, 0.29) is 11.4 Å². The van der Waals surface area contributed by atoms with Crippen LogP contribution in [-0.4, -0.2) is 19.8 Å². The highest BCUT2D eigenvalue weighted by Gasteiger charge is 2.27. The summed E-state index contributed by atoms with van der Waals surface area (Å²) in [4.78, 5) is 0.286. The molecule has 1 aromatic carbocycles. The molecule has 2 N–H and O–H groups in total. The molecule has 1 aromatic heterocycles. The minimum atomic E-state index is -3.63. The summed E-state index contributed by atoms with van der Waals surface area (Å²) in [7, 11) is -2.09. The van der Waals surface area contributed by atoms with Crippen LogP contribution in [0.4, 0.5) is 5.69 Å². The van der Waals surface area contributed by atoms with Gasteiger partial charge in [0.25, 0.3) is 0 Å². The highest BCUT2D eigenvalue weighted by Crippen LogP contribution is 2.30. The van der Waals surface area contributed by atoms with E-state index in [1.165, 1.54) is 17.6 Å². The predicted molar refractivity (Wildman–Crippen MR) is 82.4 cm³/mol. The van der Waals surface area contributed by atoms with Crippen LogP contribution in [0, 0.1) is 20.8 Å². The van der Waals surface area contributed by atoms with Crippen LogP contribution in [-0.2, 0) is 16.6 Å². The SMILES string of the molecule is Cc1cc(N)c(C)c(S(=O)(=O)N(C)Cc2ccco2)c1C. The van der Waals surface area contributed by atoms with Gasteiger partial charge in [0.05, 0.1) is 17.7 Å². The first-order valence-corrected chi connectivity index (χ1v) is 8.04. The lowest BCUT2D eigenvalue weighted by atomic mass is 10.1. The maximum absolute atomic E-state index is 12.8. The normalized spacial score (nSPS) is 12.0. The number of anilines is 1. The maximum atomic E-state index is 12.8. The van der Waals surface area contributed by atoms with Crippen molar-refractivity contribution in [3.05, 3.63) is 46.9 Å². The molecule has 0 aliphatic heterocycles. The lowest BCUT2D eigenvalue weighted by molar-refractivity contribution is 0.406. The van der Waals surface area contributed by atoms with Crippen LogP contribution in [0.3, 0.4) is 0 Å². The molecule has 0 bridgehead atoms. The largest absolute Gasteiger partial charge is 0.468 e. The van der Waals surface area contributed by atoms with Gasteiger partial charge in [-0.1, -0.05) is 0 Å². The topological polar surface area (TPSA) is 76.5 Å². The van der Waals surface area contributed by atoms with E-state index >= 15 is 0 Å². The number of sulfonamides is 1. The van der Waals surface area contributed by atoms with Gasteiger partial charge in [0, 0.05) is 12.7 Å². The Labute approximate surface area is 125 Å². The Morgan fingerprint density at radius 3 is 2.48 bits per heavy atom. The lowest BCUT2D eigenvalue weighted by Gasteiger charge is -2.21. The molecule has 6 heteroatoms. The van der Waals surface area contributed by atoms with Gasteiger partial charge in [0.15, 0.2) is 0 Å². The molecule has 0 saturated heterocycles. The van der Waals surface area contributed by atoms with E-state index < -0.39 is 10.0 Å². The first-order valence-electron chi connectivity index (χ1n) is 6.60. The smallest absolute Gasteiger partial charge is 0.243 e. The van der Waals surface area contributed by atoms with Crippen molar-refractivity contribution < 1.29 is 12.8 Å². The van der Waals surface area contributed by atoms with Crippen LogP contribution >= 0.6 is 0 Å². The zero-order valence-corrected chi connectivity index (χ0v) is 13.5. The quantitative estimate of drug-likeness (QED) is 0.881. The molecule has 0 unspecified atom stereocenters. The molecule has 2 aromatic rings. The van der Waals surface area contributed by atoms with Gasteiger partial charge >= 0.3 is 0 Å². The average Bonchev–Trinajstić information content (AvgIpc) is 2.89. The zero-order chi connectivity index (χ0) is 15.8. The fourth-order valence-electron chi connectivity index (χ4n) is 2.29. The molecule has 0 spiro atoms. The summed E-state index contributed by atoms with van der Waals surface area (Å²) in [5.74, 6) is 0.594. The molecule has 0 saturated carbocycles.